The van der Waals surface area contributed by atoms with Crippen LogP contribution in [-0.2, 0) is 16.1 Å². The molecule has 1 rings (SSSR count). The molecule has 0 bridgehead atoms. The van der Waals surface area contributed by atoms with Gasteiger partial charge >= 0.3 is 5.97 Å². The van der Waals surface area contributed by atoms with Crippen LogP contribution >= 0.6 is 22.6 Å². The van der Waals surface area contributed by atoms with Crippen LogP contribution in [0.15, 0.2) is 12.4 Å². The highest BCUT2D eigenvalue weighted by Gasteiger charge is 2.13. The number of methoxy groups -OCH3 is 1. The largest absolute Gasteiger partial charge is 0.469 e. The van der Waals surface area contributed by atoms with Gasteiger partial charge in [0.15, 0.2) is 0 Å². The smallest absolute Gasteiger partial charge is 0.310 e. The summed E-state index contributed by atoms with van der Waals surface area (Å²) in [5, 5.41) is 4.07. The monoisotopic (exact) mass is 294 g/mol. The number of aromatic nitrogens is 2. The molecular weight excluding hydrogens is 283 g/mol. The topological polar surface area (TPSA) is 44.1 Å². The predicted molar refractivity (Wildman–Crippen MR) is 56.1 cm³/mol. The molecule has 0 saturated heterocycles. The zero-order chi connectivity index (χ0) is 9.84. The molecule has 0 aliphatic rings. The lowest BCUT2D eigenvalue weighted by Crippen LogP contribution is -2.18. The number of carbonyl (C=O) groups is 1. The second-order valence-corrected chi connectivity index (χ2v) is 4.05. The van der Waals surface area contributed by atoms with Crippen LogP contribution in [0, 0.1) is 9.49 Å². The van der Waals surface area contributed by atoms with E-state index < -0.39 is 0 Å². The highest BCUT2D eigenvalue weighted by atomic mass is 127. The first-order chi connectivity index (χ1) is 6.13. The van der Waals surface area contributed by atoms with E-state index in [1.54, 1.807) is 10.9 Å². The van der Waals surface area contributed by atoms with Crippen molar-refractivity contribution in [2.24, 2.45) is 5.92 Å². The molecule has 0 saturated carbocycles. The molecule has 0 aliphatic carbocycles. The Morgan fingerprint density at radius 2 is 2.54 bits per heavy atom. The Bertz CT molecular complexity index is 298. The van der Waals surface area contributed by atoms with Gasteiger partial charge in [-0.2, -0.15) is 5.10 Å². The van der Waals surface area contributed by atoms with Gasteiger partial charge in [0.1, 0.15) is 0 Å². The molecule has 0 unspecified atom stereocenters. The Hall–Kier alpha value is -0.590. The van der Waals surface area contributed by atoms with Crippen LogP contribution in [0.3, 0.4) is 0 Å². The fraction of sp³-hybridized carbons (Fsp3) is 0.500. The summed E-state index contributed by atoms with van der Waals surface area (Å²) in [6.45, 7) is 2.38. The number of rotatable bonds is 3. The summed E-state index contributed by atoms with van der Waals surface area (Å²) >= 11 is 2.17. The maximum absolute atomic E-state index is 11.1. The Morgan fingerprint density at radius 3 is 3.00 bits per heavy atom. The van der Waals surface area contributed by atoms with E-state index in [1.165, 1.54) is 7.11 Å². The first-order valence-corrected chi connectivity index (χ1v) is 4.97. The third-order valence-corrected chi connectivity index (χ3v) is 2.22. The molecule has 1 aromatic heterocycles. The number of ether oxygens (including phenoxy) is 1. The highest BCUT2D eigenvalue weighted by molar-refractivity contribution is 14.1. The molecule has 4 nitrogen and oxygen atoms in total. The van der Waals surface area contributed by atoms with Crippen molar-refractivity contribution in [2.45, 2.75) is 13.5 Å². The van der Waals surface area contributed by atoms with Gasteiger partial charge in [0, 0.05) is 6.20 Å². The van der Waals surface area contributed by atoms with Crippen molar-refractivity contribution >= 4 is 28.6 Å². The van der Waals surface area contributed by atoms with E-state index in [0.29, 0.717) is 6.54 Å². The van der Waals surface area contributed by atoms with E-state index in [2.05, 4.69) is 32.4 Å². The fourth-order valence-electron chi connectivity index (χ4n) is 0.994. The molecule has 0 radical (unpaired) electrons. The van der Waals surface area contributed by atoms with Gasteiger partial charge in [-0.3, -0.25) is 9.48 Å². The van der Waals surface area contributed by atoms with Crippen molar-refractivity contribution in [3.05, 3.63) is 16.0 Å². The number of esters is 1. The van der Waals surface area contributed by atoms with Crippen molar-refractivity contribution in [1.29, 1.82) is 0 Å². The van der Waals surface area contributed by atoms with Gasteiger partial charge in [0.2, 0.25) is 0 Å². The van der Waals surface area contributed by atoms with E-state index in [-0.39, 0.29) is 11.9 Å². The van der Waals surface area contributed by atoms with Crippen molar-refractivity contribution in [1.82, 2.24) is 9.78 Å². The molecule has 1 aromatic rings. The SMILES string of the molecule is COC(=O)[C@@H](C)Cn1cc(I)cn1. The van der Waals surface area contributed by atoms with Crippen LogP contribution < -0.4 is 0 Å². The maximum Gasteiger partial charge on any atom is 0.310 e. The molecule has 0 spiro atoms. The molecule has 13 heavy (non-hydrogen) atoms. The van der Waals surface area contributed by atoms with Crippen LogP contribution in [0.2, 0.25) is 0 Å². The Balaban J connectivity index is 2.54. The maximum atomic E-state index is 11.1. The van der Waals surface area contributed by atoms with Gasteiger partial charge in [-0.05, 0) is 22.6 Å². The highest BCUT2D eigenvalue weighted by Crippen LogP contribution is 2.05. The van der Waals surface area contributed by atoms with Crippen LogP contribution in [-0.4, -0.2) is 22.9 Å². The second-order valence-electron chi connectivity index (χ2n) is 2.80. The van der Waals surface area contributed by atoms with Gasteiger partial charge in [-0.25, -0.2) is 0 Å². The molecule has 0 amide bonds. The number of hydrogen-bond donors (Lipinski definition) is 0. The Morgan fingerprint density at radius 1 is 1.85 bits per heavy atom. The minimum atomic E-state index is -0.203. The minimum absolute atomic E-state index is 0.152. The van der Waals surface area contributed by atoms with Gasteiger partial charge in [-0.15, -0.1) is 0 Å². The van der Waals surface area contributed by atoms with E-state index in [9.17, 15) is 4.79 Å². The molecular formula is C8H11IN2O2. The summed E-state index contributed by atoms with van der Waals surface area (Å²) < 4.78 is 7.41. The fourth-order valence-corrected chi connectivity index (χ4v) is 1.44. The molecule has 5 heteroatoms. The summed E-state index contributed by atoms with van der Waals surface area (Å²) in [6, 6.07) is 0. The van der Waals surface area contributed by atoms with E-state index in [0.717, 1.165) is 3.57 Å². The first kappa shape index (κ1) is 10.5. The summed E-state index contributed by atoms with van der Waals surface area (Å²) in [5.41, 5.74) is 0. The van der Waals surface area contributed by atoms with E-state index in [4.69, 9.17) is 0 Å². The molecule has 1 atom stereocenters. The van der Waals surface area contributed by atoms with Crippen molar-refractivity contribution in [3.63, 3.8) is 0 Å². The molecule has 0 fully saturated rings. The molecule has 72 valence electrons. The summed E-state index contributed by atoms with van der Waals surface area (Å²) in [5.74, 6) is -0.355. The van der Waals surface area contributed by atoms with Gasteiger partial charge < -0.3 is 4.74 Å². The molecule has 0 aliphatic heterocycles. The standard InChI is InChI=1S/C8H11IN2O2/c1-6(8(12)13-2)4-11-5-7(9)3-10-11/h3,5-6H,4H2,1-2H3/t6-/m0/s1. The second kappa shape index (κ2) is 4.59. The summed E-state index contributed by atoms with van der Waals surface area (Å²) in [7, 11) is 1.39. The van der Waals surface area contributed by atoms with Crippen molar-refractivity contribution < 1.29 is 9.53 Å². The zero-order valence-electron chi connectivity index (χ0n) is 7.53. The van der Waals surface area contributed by atoms with Gasteiger partial charge in [-0.1, -0.05) is 6.92 Å². The number of halogens is 1. The molecule has 0 N–H and O–H groups in total. The average Bonchev–Trinajstić information content (AvgIpc) is 2.49. The Labute approximate surface area is 90.4 Å². The number of nitrogens with zero attached hydrogens (tertiary/aromatic N) is 2. The number of hydrogen-bond acceptors (Lipinski definition) is 3. The Kier molecular flexibility index (Phi) is 3.71. The predicted octanol–water partition coefficient (Wildman–Crippen LogP) is 1.30. The first-order valence-electron chi connectivity index (χ1n) is 3.89. The van der Waals surface area contributed by atoms with Crippen molar-refractivity contribution in [2.75, 3.05) is 7.11 Å². The normalized spacial score (nSPS) is 12.5. The van der Waals surface area contributed by atoms with Gasteiger partial charge in [0.25, 0.3) is 0 Å². The minimum Gasteiger partial charge on any atom is -0.469 e. The number of carbonyl (C=O) groups excluding carboxylic acids is 1. The summed E-state index contributed by atoms with van der Waals surface area (Å²) in [6.07, 6.45) is 3.64. The lowest BCUT2D eigenvalue weighted by Gasteiger charge is -2.08. The molecule has 1 heterocycles. The quantitative estimate of drug-likeness (QED) is 0.623. The van der Waals surface area contributed by atoms with E-state index >= 15 is 0 Å². The van der Waals surface area contributed by atoms with E-state index in [1.807, 2.05) is 13.1 Å². The van der Waals surface area contributed by atoms with Gasteiger partial charge in [0.05, 0.1) is 29.3 Å². The average molecular weight is 294 g/mol. The van der Waals surface area contributed by atoms with Crippen LogP contribution in [0.5, 0.6) is 0 Å². The third kappa shape index (κ3) is 2.98. The van der Waals surface area contributed by atoms with Crippen molar-refractivity contribution in [3.8, 4) is 0 Å². The van der Waals surface area contributed by atoms with Crippen LogP contribution in [0.4, 0.5) is 0 Å². The van der Waals surface area contributed by atoms with Crippen LogP contribution in [0.1, 0.15) is 6.92 Å². The summed E-state index contributed by atoms with van der Waals surface area (Å²) in [4.78, 5) is 11.1. The van der Waals surface area contributed by atoms with Crippen LogP contribution in [0.25, 0.3) is 0 Å². The third-order valence-electron chi connectivity index (χ3n) is 1.67. The molecule has 0 aromatic carbocycles. The zero-order valence-corrected chi connectivity index (χ0v) is 9.69. The lowest BCUT2D eigenvalue weighted by atomic mass is 10.2. The lowest BCUT2D eigenvalue weighted by molar-refractivity contribution is -0.145.